The van der Waals surface area contributed by atoms with Crippen molar-refractivity contribution in [3.05, 3.63) is 90.5 Å². The highest BCUT2D eigenvalue weighted by Crippen LogP contribution is 2.28. The Kier molecular flexibility index (Phi) is 5.52. The molecule has 0 unspecified atom stereocenters. The lowest BCUT2D eigenvalue weighted by Gasteiger charge is -2.36. The van der Waals surface area contributed by atoms with E-state index in [1.165, 1.54) is 11.3 Å². The summed E-state index contributed by atoms with van der Waals surface area (Å²) in [4.78, 5) is 0. The fourth-order valence-electron chi connectivity index (χ4n) is 3.33. The Bertz CT molecular complexity index is 779. The minimum absolute atomic E-state index is 0.870. The average molecular weight is 332 g/mol. The van der Waals surface area contributed by atoms with Crippen LogP contribution < -0.4 is 9.22 Å². The number of rotatable bonds is 7. The number of ether oxygens (including phenoxy) is 1. The summed E-state index contributed by atoms with van der Waals surface area (Å²) >= 11 is 0. The van der Waals surface area contributed by atoms with E-state index in [-0.39, 0.29) is 0 Å². The predicted molar refractivity (Wildman–Crippen MR) is 106 cm³/mol. The smallest absolute Gasteiger partial charge is 0.133 e. The summed E-state index contributed by atoms with van der Waals surface area (Å²) in [5, 5.41) is 0. The Morgan fingerprint density at radius 2 is 1.28 bits per heavy atom. The number of hydrogen-bond acceptors (Lipinski definition) is 1. The molecule has 0 N–H and O–H groups in total. The Morgan fingerprint density at radius 1 is 0.680 bits per heavy atom. The molecule has 0 aliphatic heterocycles. The highest BCUT2D eigenvalue weighted by molar-refractivity contribution is 5.44. The molecule has 2 heteroatoms. The van der Waals surface area contributed by atoms with Crippen LogP contribution in [0.2, 0.25) is 0 Å². The van der Waals surface area contributed by atoms with Crippen LogP contribution >= 0.6 is 0 Å². The van der Waals surface area contributed by atoms with Crippen LogP contribution in [0, 0.1) is 0 Å². The molecule has 0 saturated heterocycles. The Hall–Kier alpha value is -2.58. The van der Waals surface area contributed by atoms with Gasteiger partial charge in [-0.05, 0) is 50.2 Å². The van der Waals surface area contributed by atoms with Gasteiger partial charge >= 0.3 is 0 Å². The summed E-state index contributed by atoms with van der Waals surface area (Å²) < 4.78 is 6.94. The Morgan fingerprint density at radius 3 is 1.92 bits per heavy atom. The van der Waals surface area contributed by atoms with Crippen LogP contribution in [0.25, 0.3) is 0 Å². The topological polar surface area (TPSA) is 9.23 Å². The first-order chi connectivity index (χ1) is 12.3. The summed E-state index contributed by atoms with van der Waals surface area (Å²) in [6.45, 7) is 7.61. The zero-order valence-corrected chi connectivity index (χ0v) is 15.1. The molecule has 0 aromatic heterocycles. The fourth-order valence-corrected chi connectivity index (χ4v) is 3.33. The van der Waals surface area contributed by atoms with Crippen molar-refractivity contribution in [2.75, 3.05) is 13.1 Å². The van der Waals surface area contributed by atoms with Crippen molar-refractivity contribution >= 4 is 5.69 Å². The standard InChI is InChI=1S/C23H26NO/c1-3-24(4-2,21-13-7-5-8-14-21)19-20-12-11-17-23(18-20)25-22-15-9-6-10-16-22/h5-18H,3-4,19H2,1-2H3/q+1. The van der Waals surface area contributed by atoms with Gasteiger partial charge in [0.15, 0.2) is 0 Å². The molecule has 0 spiro atoms. The molecule has 0 bridgehead atoms. The zero-order chi connectivity index (χ0) is 17.5. The van der Waals surface area contributed by atoms with E-state index in [1.807, 2.05) is 36.4 Å². The second-order valence-corrected chi connectivity index (χ2v) is 6.33. The normalized spacial score (nSPS) is 11.3. The van der Waals surface area contributed by atoms with Crippen LogP contribution in [0.5, 0.6) is 11.5 Å². The van der Waals surface area contributed by atoms with E-state index in [4.69, 9.17) is 4.74 Å². The van der Waals surface area contributed by atoms with Crippen LogP contribution in [0.4, 0.5) is 5.69 Å². The summed E-state index contributed by atoms with van der Waals surface area (Å²) in [5.74, 6) is 1.76. The molecular weight excluding hydrogens is 306 g/mol. The molecule has 2 nitrogen and oxygen atoms in total. The number of para-hydroxylation sites is 2. The molecular formula is C23H26NO+. The summed E-state index contributed by atoms with van der Waals surface area (Å²) in [7, 11) is 0. The molecule has 3 rings (SSSR count). The molecule has 0 aliphatic carbocycles. The molecule has 128 valence electrons. The third-order valence-corrected chi connectivity index (χ3v) is 4.88. The first-order valence-electron chi connectivity index (χ1n) is 8.99. The van der Waals surface area contributed by atoms with E-state index in [9.17, 15) is 0 Å². The third-order valence-electron chi connectivity index (χ3n) is 4.88. The van der Waals surface area contributed by atoms with Gasteiger partial charge < -0.3 is 4.74 Å². The summed E-state index contributed by atoms with van der Waals surface area (Å²) in [6, 6.07) is 29.2. The van der Waals surface area contributed by atoms with Gasteiger partial charge in [0.2, 0.25) is 0 Å². The molecule has 0 fully saturated rings. The molecule has 25 heavy (non-hydrogen) atoms. The van der Waals surface area contributed by atoms with Crippen LogP contribution in [0.15, 0.2) is 84.9 Å². The predicted octanol–water partition coefficient (Wildman–Crippen LogP) is 6.03. The van der Waals surface area contributed by atoms with E-state index >= 15 is 0 Å². The second-order valence-electron chi connectivity index (χ2n) is 6.33. The van der Waals surface area contributed by atoms with Crippen LogP contribution in [0.3, 0.4) is 0 Å². The maximum absolute atomic E-state index is 6.00. The van der Waals surface area contributed by atoms with Gasteiger partial charge in [0.1, 0.15) is 23.7 Å². The van der Waals surface area contributed by atoms with Crippen molar-refractivity contribution in [2.24, 2.45) is 0 Å². The molecule has 0 saturated carbocycles. The molecule has 0 aliphatic rings. The molecule has 3 aromatic carbocycles. The molecule has 0 atom stereocenters. The van der Waals surface area contributed by atoms with E-state index in [0.717, 1.165) is 35.6 Å². The van der Waals surface area contributed by atoms with Crippen molar-refractivity contribution in [2.45, 2.75) is 20.4 Å². The number of nitrogens with zero attached hydrogens (tertiary/aromatic N) is 1. The fraction of sp³-hybridized carbons (Fsp3) is 0.217. The molecule has 0 radical (unpaired) electrons. The number of quaternary nitrogens is 1. The maximum Gasteiger partial charge on any atom is 0.133 e. The van der Waals surface area contributed by atoms with Crippen molar-refractivity contribution in [3.63, 3.8) is 0 Å². The van der Waals surface area contributed by atoms with Gasteiger partial charge in [-0.3, -0.25) is 4.48 Å². The van der Waals surface area contributed by atoms with E-state index in [0.29, 0.717) is 0 Å². The van der Waals surface area contributed by atoms with Gasteiger partial charge in [0.05, 0.1) is 13.1 Å². The van der Waals surface area contributed by atoms with Crippen molar-refractivity contribution in [1.29, 1.82) is 0 Å². The Labute approximate surface area is 150 Å². The number of benzene rings is 3. The van der Waals surface area contributed by atoms with Crippen molar-refractivity contribution in [3.8, 4) is 11.5 Å². The lowest BCUT2D eigenvalue weighted by Crippen LogP contribution is -2.48. The van der Waals surface area contributed by atoms with Crippen LogP contribution in [-0.4, -0.2) is 13.1 Å². The first-order valence-corrected chi connectivity index (χ1v) is 8.99. The number of hydrogen-bond donors (Lipinski definition) is 0. The van der Waals surface area contributed by atoms with Gasteiger partial charge in [0, 0.05) is 5.56 Å². The highest BCUT2D eigenvalue weighted by Gasteiger charge is 2.26. The molecule has 0 heterocycles. The second kappa shape index (κ2) is 8.00. The molecule has 0 amide bonds. The minimum atomic E-state index is 0.870. The van der Waals surface area contributed by atoms with Gasteiger partial charge in [-0.25, -0.2) is 0 Å². The monoisotopic (exact) mass is 332 g/mol. The van der Waals surface area contributed by atoms with Gasteiger partial charge in [-0.1, -0.05) is 48.5 Å². The van der Waals surface area contributed by atoms with Crippen LogP contribution in [-0.2, 0) is 6.54 Å². The third kappa shape index (κ3) is 4.09. The first kappa shape index (κ1) is 17.2. The summed E-state index contributed by atoms with van der Waals surface area (Å²) in [5.41, 5.74) is 2.66. The Balaban J connectivity index is 1.85. The lowest BCUT2D eigenvalue weighted by molar-refractivity contribution is 0.291. The minimum Gasteiger partial charge on any atom is -0.457 e. The summed E-state index contributed by atoms with van der Waals surface area (Å²) in [6.07, 6.45) is 0. The maximum atomic E-state index is 6.00. The lowest BCUT2D eigenvalue weighted by atomic mass is 10.1. The average Bonchev–Trinajstić information content (AvgIpc) is 2.68. The van der Waals surface area contributed by atoms with Crippen LogP contribution in [0.1, 0.15) is 19.4 Å². The van der Waals surface area contributed by atoms with Crippen molar-refractivity contribution in [1.82, 2.24) is 4.48 Å². The highest BCUT2D eigenvalue weighted by atomic mass is 16.5. The molecule has 3 aromatic rings. The van der Waals surface area contributed by atoms with E-state index < -0.39 is 0 Å². The largest absolute Gasteiger partial charge is 0.457 e. The van der Waals surface area contributed by atoms with Gasteiger partial charge in [0.25, 0.3) is 0 Å². The van der Waals surface area contributed by atoms with E-state index in [2.05, 4.69) is 62.4 Å². The zero-order valence-electron chi connectivity index (χ0n) is 15.1. The van der Waals surface area contributed by atoms with Gasteiger partial charge in [-0.15, -0.1) is 0 Å². The van der Waals surface area contributed by atoms with Crippen molar-refractivity contribution < 1.29 is 4.74 Å². The van der Waals surface area contributed by atoms with E-state index in [1.54, 1.807) is 0 Å². The SMILES string of the molecule is CC[N+](CC)(Cc1cccc(Oc2ccccc2)c1)c1ccccc1. The quantitative estimate of drug-likeness (QED) is 0.480. The van der Waals surface area contributed by atoms with Gasteiger partial charge in [-0.2, -0.15) is 0 Å².